The Balaban J connectivity index is 2.15. The van der Waals surface area contributed by atoms with Crippen LogP contribution in [-0.4, -0.2) is 36.9 Å². The van der Waals surface area contributed by atoms with Crippen molar-refractivity contribution in [1.29, 1.82) is 0 Å². The van der Waals surface area contributed by atoms with Gasteiger partial charge < -0.3 is 9.80 Å². The maximum atomic E-state index is 12.5. The summed E-state index contributed by atoms with van der Waals surface area (Å²) in [5.41, 5.74) is 0.614. The average molecular weight is 303 g/mol. The number of nitrogens with zero attached hydrogens (tertiary/aromatic N) is 3. The van der Waals surface area contributed by atoms with Gasteiger partial charge in [-0.05, 0) is 38.1 Å². The summed E-state index contributed by atoms with van der Waals surface area (Å²) in [6.45, 7) is 4.12. The molecule has 0 N–H and O–H groups in total. The van der Waals surface area contributed by atoms with Gasteiger partial charge in [-0.25, -0.2) is 4.98 Å². The first-order valence-electron chi connectivity index (χ1n) is 6.87. The predicted molar refractivity (Wildman–Crippen MR) is 88.1 cm³/mol. The lowest BCUT2D eigenvalue weighted by Crippen LogP contribution is -2.29. The van der Waals surface area contributed by atoms with E-state index in [-0.39, 0.29) is 11.9 Å². The molecule has 2 aromatic heterocycles. The molecule has 0 fully saturated rings. The molecule has 1 unspecified atom stereocenters. The third-order valence-corrected chi connectivity index (χ3v) is 4.70. The Labute approximate surface area is 130 Å². The van der Waals surface area contributed by atoms with E-state index in [2.05, 4.69) is 24.0 Å². The van der Waals surface area contributed by atoms with Gasteiger partial charge >= 0.3 is 0 Å². The summed E-state index contributed by atoms with van der Waals surface area (Å²) in [5.74, 6) is 0.836. The number of carbonyl (C=O) groups excluding carboxylic acids is 1. The van der Waals surface area contributed by atoms with Gasteiger partial charge in [-0.2, -0.15) is 0 Å². The van der Waals surface area contributed by atoms with E-state index in [1.54, 1.807) is 22.4 Å². The highest BCUT2D eigenvalue weighted by atomic mass is 32.1. The average Bonchev–Trinajstić information content (AvgIpc) is 2.91. The third-order valence-electron chi connectivity index (χ3n) is 3.53. The Morgan fingerprint density at radius 3 is 2.38 bits per heavy atom. The fraction of sp³-hybridized carbons (Fsp3) is 0.375. The molecule has 0 aliphatic rings. The topological polar surface area (TPSA) is 36.4 Å². The van der Waals surface area contributed by atoms with Gasteiger partial charge in [-0.3, -0.25) is 4.79 Å². The van der Waals surface area contributed by atoms with Crippen molar-refractivity contribution in [2.24, 2.45) is 0 Å². The number of anilines is 1. The molecule has 0 radical (unpaired) electrons. The summed E-state index contributed by atoms with van der Waals surface area (Å²) in [6.07, 6.45) is 1.64. The van der Waals surface area contributed by atoms with Crippen molar-refractivity contribution in [3.05, 3.63) is 45.8 Å². The van der Waals surface area contributed by atoms with Gasteiger partial charge in [0.1, 0.15) is 5.82 Å². The van der Waals surface area contributed by atoms with Crippen LogP contribution >= 0.6 is 11.3 Å². The fourth-order valence-corrected chi connectivity index (χ4v) is 3.00. The molecule has 1 atom stereocenters. The molecule has 0 aromatic carbocycles. The first-order valence-corrected chi connectivity index (χ1v) is 7.68. The molecule has 2 rings (SSSR count). The van der Waals surface area contributed by atoms with Crippen molar-refractivity contribution >= 4 is 23.1 Å². The highest BCUT2D eigenvalue weighted by molar-refractivity contribution is 7.12. The summed E-state index contributed by atoms with van der Waals surface area (Å²) in [5, 5.41) is 0. The highest BCUT2D eigenvalue weighted by Crippen LogP contribution is 2.27. The fourth-order valence-electron chi connectivity index (χ4n) is 2.03. The minimum absolute atomic E-state index is 0.00800. The molecule has 2 heterocycles. The summed E-state index contributed by atoms with van der Waals surface area (Å²) >= 11 is 1.73. The zero-order valence-corrected chi connectivity index (χ0v) is 13.9. The van der Waals surface area contributed by atoms with Crippen LogP contribution in [0.3, 0.4) is 0 Å². The molecule has 0 spiro atoms. The molecule has 0 aliphatic carbocycles. The van der Waals surface area contributed by atoms with Crippen LogP contribution in [0, 0.1) is 6.92 Å². The van der Waals surface area contributed by atoms with Crippen LogP contribution in [-0.2, 0) is 0 Å². The van der Waals surface area contributed by atoms with E-state index in [4.69, 9.17) is 0 Å². The number of hydrogen-bond donors (Lipinski definition) is 0. The maximum absolute atomic E-state index is 12.5. The molecular weight excluding hydrogens is 282 g/mol. The molecular formula is C16H21N3OS. The zero-order valence-electron chi connectivity index (χ0n) is 13.1. The highest BCUT2D eigenvalue weighted by Gasteiger charge is 2.20. The number of hydrogen-bond acceptors (Lipinski definition) is 4. The molecule has 1 amide bonds. The number of aryl methyl sites for hydroxylation is 1. The predicted octanol–water partition coefficient (Wildman–Crippen LogP) is 3.35. The Hall–Kier alpha value is -1.88. The summed E-state index contributed by atoms with van der Waals surface area (Å²) in [6, 6.07) is 7.92. The number of aromatic nitrogens is 1. The van der Waals surface area contributed by atoms with Crippen LogP contribution in [0.1, 0.15) is 33.1 Å². The number of amides is 1. The van der Waals surface area contributed by atoms with Gasteiger partial charge in [0.05, 0.1) is 11.6 Å². The van der Waals surface area contributed by atoms with E-state index >= 15 is 0 Å². The van der Waals surface area contributed by atoms with Gasteiger partial charge in [-0.1, -0.05) is 0 Å². The maximum Gasteiger partial charge on any atom is 0.255 e. The van der Waals surface area contributed by atoms with Crippen LogP contribution in [0.5, 0.6) is 0 Å². The Kier molecular flexibility index (Phi) is 4.63. The summed E-state index contributed by atoms with van der Waals surface area (Å²) < 4.78 is 0. The molecule has 2 aromatic rings. The van der Waals surface area contributed by atoms with E-state index in [9.17, 15) is 4.79 Å². The van der Waals surface area contributed by atoms with Crippen LogP contribution in [0.4, 0.5) is 5.82 Å². The normalized spacial score (nSPS) is 12.0. The molecule has 5 heteroatoms. The molecule has 0 saturated heterocycles. The molecule has 0 bridgehead atoms. The van der Waals surface area contributed by atoms with Gasteiger partial charge in [0.2, 0.25) is 0 Å². The lowest BCUT2D eigenvalue weighted by atomic mass is 10.2. The molecule has 21 heavy (non-hydrogen) atoms. The lowest BCUT2D eigenvalue weighted by molar-refractivity contribution is 0.0744. The van der Waals surface area contributed by atoms with Crippen LogP contribution in [0.15, 0.2) is 30.5 Å². The van der Waals surface area contributed by atoms with Crippen LogP contribution in [0.2, 0.25) is 0 Å². The van der Waals surface area contributed by atoms with Crippen molar-refractivity contribution in [2.75, 3.05) is 26.0 Å². The molecule has 4 nitrogen and oxygen atoms in total. The number of rotatable bonds is 4. The Morgan fingerprint density at radius 1 is 1.19 bits per heavy atom. The third kappa shape index (κ3) is 3.42. The van der Waals surface area contributed by atoms with Crippen molar-refractivity contribution in [2.45, 2.75) is 19.9 Å². The van der Waals surface area contributed by atoms with Crippen molar-refractivity contribution in [3.8, 4) is 0 Å². The van der Waals surface area contributed by atoms with Gasteiger partial charge in [0.25, 0.3) is 5.91 Å². The minimum Gasteiger partial charge on any atom is -0.363 e. The van der Waals surface area contributed by atoms with E-state index in [1.807, 2.05) is 45.1 Å². The lowest BCUT2D eigenvalue weighted by Gasteiger charge is -2.24. The number of pyridine rings is 1. The molecule has 0 aliphatic heterocycles. The minimum atomic E-state index is -0.00800. The largest absolute Gasteiger partial charge is 0.363 e. The number of thiophene rings is 1. The van der Waals surface area contributed by atoms with E-state index in [0.29, 0.717) is 5.56 Å². The van der Waals surface area contributed by atoms with Gasteiger partial charge in [-0.15, -0.1) is 11.3 Å². The first-order chi connectivity index (χ1) is 9.90. The van der Waals surface area contributed by atoms with E-state index < -0.39 is 0 Å². The monoisotopic (exact) mass is 303 g/mol. The van der Waals surface area contributed by atoms with Crippen molar-refractivity contribution in [1.82, 2.24) is 9.88 Å². The summed E-state index contributed by atoms with van der Waals surface area (Å²) in [4.78, 5) is 23.0. The van der Waals surface area contributed by atoms with Crippen molar-refractivity contribution in [3.63, 3.8) is 0 Å². The second-order valence-electron chi connectivity index (χ2n) is 5.34. The van der Waals surface area contributed by atoms with Crippen LogP contribution < -0.4 is 4.90 Å². The quantitative estimate of drug-likeness (QED) is 0.869. The smallest absolute Gasteiger partial charge is 0.255 e. The second kappa shape index (κ2) is 6.26. The molecule has 0 saturated carbocycles. The standard InChI is InChI=1S/C16H21N3OS/c1-11-6-8-14(21-11)12(2)19(5)16(20)13-7-9-15(17-10-13)18(3)4/h6-10,12H,1-5H3. The molecule has 112 valence electrons. The Morgan fingerprint density at radius 2 is 1.90 bits per heavy atom. The first kappa shape index (κ1) is 15.5. The van der Waals surface area contributed by atoms with E-state index in [0.717, 1.165) is 5.82 Å². The van der Waals surface area contributed by atoms with Crippen molar-refractivity contribution < 1.29 is 4.79 Å². The summed E-state index contributed by atoms with van der Waals surface area (Å²) in [7, 11) is 5.69. The zero-order chi connectivity index (χ0) is 15.6. The van der Waals surface area contributed by atoms with E-state index in [1.165, 1.54) is 9.75 Å². The van der Waals surface area contributed by atoms with Crippen LogP contribution in [0.25, 0.3) is 0 Å². The Bertz CT molecular complexity index is 619. The second-order valence-corrected chi connectivity index (χ2v) is 6.66. The number of carbonyl (C=O) groups is 1. The van der Waals surface area contributed by atoms with Gasteiger partial charge in [0.15, 0.2) is 0 Å². The SMILES string of the molecule is Cc1ccc(C(C)N(C)C(=O)c2ccc(N(C)C)nc2)s1. The van der Waals surface area contributed by atoms with Gasteiger partial charge in [0, 0.05) is 37.1 Å².